The minimum Gasteiger partial charge on any atom is -0.318 e. The molecule has 3 heterocycles. The first-order chi connectivity index (χ1) is 12.6. The number of amidine groups is 1. The molecule has 2 amide bonds. The van der Waals surface area contributed by atoms with Gasteiger partial charge in [-0.05, 0) is 31.2 Å². The Bertz CT molecular complexity index is 1010. The van der Waals surface area contributed by atoms with Gasteiger partial charge in [0.25, 0.3) is 11.8 Å². The molecule has 1 aliphatic heterocycles. The topological polar surface area (TPSA) is 104 Å². The molecular formula is C17H15N7O2. The van der Waals surface area contributed by atoms with E-state index in [9.17, 15) is 9.59 Å². The van der Waals surface area contributed by atoms with E-state index in [1.54, 1.807) is 48.1 Å². The molecular weight excluding hydrogens is 334 g/mol. The van der Waals surface area contributed by atoms with E-state index in [1.807, 2.05) is 18.2 Å². The second-order valence-electron chi connectivity index (χ2n) is 5.74. The van der Waals surface area contributed by atoms with Gasteiger partial charge in [0.2, 0.25) is 5.84 Å². The Balaban J connectivity index is 1.56. The Morgan fingerprint density at radius 3 is 2.81 bits per heavy atom. The second-order valence-corrected chi connectivity index (χ2v) is 5.74. The van der Waals surface area contributed by atoms with Crippen molar-refractivity contribution in [3.8, 4) is 0 Å². The number of rotatable bonds is 3. The van der Waals surface area contributed by atoms with Gasteiger partial charge in [0.1, 0.15) is 12.4 Å². The van der Waals surface area contributed by atoms with Gasteiger partial charge in [-0.25, -0.2) is 10.0 Å². The zero-order valence-electron chi connectivity index (χ0n) is 13.8. The molecule has 3 aromatic rings. The lowest BCUT2D eigenvalue weighted by Gasteiger charge is -2.30. The number of carbonyl (C=O) groups is 2. The molecule has 26 heavy (non-hydrogen) atoms. The van der Waals surface area contributed by atoms with E-state index < -0.39 is 11.9 Å². The second kappa shape index (κ2) is 6.28. The highest BCUT2D eigenvalue weighted by Gasteiger charge is 2.30. The van der Waals surface area contributed by atoms with E-state index in [1.165, 1.54) is 5.01 Å². The van der Waals surface area contributed by atoms with Crippen molar-refractivity contribution >= 4 is 34.7 Å². The molecule has 9 nitrogen and oxygen atoms in total. The highest BCUT2D eigenvalue weighted by molar-refractivity contribution is 6.43. The molecule has 1 unspecified atom stereocenters. The predicted molar refractivity (Wildman–Crippen MR) is 95.6 cm³/mol. The number of para-hydroxylation sites is 1. The van der Waals surface area contributed by atoms with Crippen LogP contribution in [0.15, 0.2) is 60.0 Å². The third-order valence-corrected chi connectivity index (χ3v) is 3.90. The maximum Gasteiger partial charge on any atom is 0.292 e. The van der Waals surface area contributed by atoms with Gasteiger partial charge in [-0.2, -0.15) is 0 Å². The molecule has 1 aromatic carbocycles. The summed E-state index contributed by atoms with van der Waals surface area (Å²) < 4.78 is 1.69. The molecule has 1 aliphatic rings. The Hall–Kier alpha value is -3.75. The van der Waals surface area contributed by atoms with Crippen molar-refractivity contribution in [3.05, 3.63) is 55.0 Å². The standard InChI is InChI=1S/C17H15N7O2/c1-11-17(26)24(13-5-3-2-4-6-13)22-15(19-11)16(25)20-12-7-8-14-21-18-10-23(14)9-12/h2-11H,1H3,(H,19,22)(H,20,25). The van der Waals surface area contributed by atoms with Crippen LogP contribution in [-0.2, 0) is 9.59 Å². The number of hydrogen-bond acceptors (Lipinski definition) is 6. The number of aromatic nitrogens is 3. The number of nitrogens with one attached hydrogen (secondary N) is 2. The van der Waals surface area contributed by atoms with E-state index in [0.717, 1.165) is 0 Å². The van der Waals surface area contributed by atoms with Crippen LogP contribution in [-0.4, -0.2) is 38.3 Å². The number of carbonyl (C=O) groups excluding carboxylic acids is 2. The number of fused-ring (bicyclic) bond motifs is 1. The first kappa shape index (κ1) is 15.8. The van der Waals surface area contributed by atoms with Gasteiger partial charge >= 0.3 is 0 Å². The van der Waals surface area contributed by atoms with Gasteiger partial charge in [0, 0.05) is 6.20 Å². The Morgan fingerprint density at radius 1 is 1.19 bits per heavy atom. The summed E-state index contributed by atoms with van der Waals surface area (Å²) in [4.78, 5) is 29.1. The third kappa shape index (κ3) is 2.86. The molecule has 130 valence electrons. The van der Waals surface area contributed by atoms with Gasteiger partial charge in [-0.3, -0.25) is 19.4 Å². The molecule has 0 bridgehead atoms. The average molecular weight is 349 g/mol. The zero-order valence-corrected chi connectivity index (χ0v) is 13.8. The number of amides is 2. The van der Waals surface area contributed by atoms with Gasteiger partial charge < -0.3 is 5.32 Å². The summed E-state index contributed by atoms with van der Waals surface area (Å²) in [5.74, 6) is -0.624. The Morgan fingerprint density at radius 2 is 2.00 bits per heavy atom. The smallest absolute Gasteiger partial charge is 0.292 e. The zero-order chi connectivity index (χ0) is 18.1. The lowest BCUT2D eigenvalue weighted by molar-refractivity contribution is -0.120. The van der Waals surface area contributed by atoms with Crippen LogP contribution in [0.4, 0.5) is 11.4 Å². The summed E-state index contributed by atoms with van der Waals surface area (Å²) in [6.07, 6.45) is 3.24. The number of nitrogens with zero attached hydrogens (tertiary/aromatic N) is 5. The number of hydrogen-bond donors (Lipinski definition) is 2. The van der Waals surface area contributed by atoms with Crippen molar-refractivity contribution in [2.75, 3.05) is 10.3 Å². The van der Waals surface area contributed by atoms with Crippen LogP contribution in [0.3, 0.4) is 0 Å². The molecule has 2 aromatic heterocycles. The molecule has 0 radical (unpaired) electrons. The normalized spacial score (nSPS) is 17.0. The molecule has 0 fully saturated rings. The number of benzene rings is 1. The molecule has 0 spiro atoms. The number of anilines is 2. The summed E-state index contributed by atoms with van der Waals surface area (Å²) in [5, 5.41) is 11.8. The van der Waals surface area contributed by atoms with Crippen molar-refractivity contribution in [1.82, 2.24) is 20.0 Å². The number of hydrazine groups is 1. The summed E-state index contributed by atoms with van der Waals surface area (Å²) in [5.41, 5.74) is 4.66. The quantitative estimate of drug-likeness (QED) is 0.734. The highest BCUT2D eigenvalue weighted by Crippen LogP contribution is 2.16. The average Bonchev–Trinajstić information content (AvgIpc) is 3.12. The van der Waals surface area contributed by atoms with Crippen molar-refractivity contribution in [1.29, 1.82) is 0 Å². The van der Waals surface area contributed by atoms with Crippen LogP contribution in [0.5, 0.6) is 0 Å². The fraction of sp³-hybridized carbons (Fsp3) is 0.118. The summed E-state index contributed by atoms with van der Waals surface area (Å²) in [6.45, 7) is 1.65. The van der Waals surface area contributed by atoms with E-state index in [2.05, 4.69) is 25.9 Å². The van der Waals surface area contributed by atoms with E-state index in [4.69, 9.17) is 0 Å². The SMILES string of the molecule is CC1N=C(C(=O)Nc2ccc3nncn3c2)NN(c2ccccc2)C1=O. The minimum atomic E-state index is -0.669. The Labute approximate surface area is 148 Å². The van der Waals surface area contributed by atoms with E-state index >= 15 is 0 Å². The van der Waals surface area contributed by atoms with E-state index in [0.29, 0.717) is 17.0 Å². The lowest BCUT2D eigenvalue weighted by atomic mass is 10.2. The first-order valence-corrected chi connectivity index (χ1v) is 7.96. The summed E-state index contributed by atoms with van der Waals surface area (Å²) >= 11 is 0. The van der Waals surface area contributed by atoms with Crippen molar-refractivity contribution in [2.24, 2.45) is 4.99 Å². The molecule has 0 saturated heterocycles. The van der Waals surface area contributed by atoms with Gasteiger partial charge in [0.15, 0.2) is 5.65 Å². The summed E-state index contributed by atoms with van der Waals surface area (Å²) in [6, 6.07) is 11.8. The summed E-state index contributed by atoms with van der Waals surface area (Å²) in [7, 11) is 0. The minimum absolute atomic E-state index is 0.0600. The molecule has 9 heteroatoms. The third-order valence-electron chi connectivity index (χ3n) is 3.90. The molecule has 0 aliphatic carbocycles. The lowest BCUT2D eigenvalue weighted by Crippen LogP contribution is -2.57. The molecule has 4 rings (SSSR count). The van der Waals surface area contributed by atoms with Gasteiger partial charge in [-0.1, -0.05) is 18.2 Å². The van der Waals surface area contributed by atoms with Gasteiger partial charge in [0.05, 0.1) is 11.4 Å². The van der Waals surface area contributed by atoms with Crippen LogP contribution >= 0.6 is 0 Å². The highest BCUT2D eigenvalue weighted by atomic mass is 16.2. The monoisotopic (exact) mass is 349 g/mol. The fourth-order valence-electron chi connectivity index (χ4n) is 2.60. The molecule has 0 saturated carbocycles. The van der Waals surface area contributed by atoms with Crippen molar-refractivity contribution in [2.45, 2.75) is 13.0 Å². The van der Waals surface area contributed by atoms with Crippen molar-refractivity contribution in [3.63, 3.8) is 0 Å². The fourth-order valence-corrected chi connectivity index (χ4v) is 2.60. The number of aliphatic imine (C=N–C) groups is 1. The van der Waals surface area contributed by atoms with Crippen LogP contribution < -0.4 is 15.8 Å². The maximum absolute atomic E-state index is 12.6. The van der Waals surface area contributed by atoms with Crippen LogP contribution in [0.1, 0.15) is 6.92 Å². The Kier molecular flexibility index (Phi) is 3.81. The molecule has 1 atom stereocenters. The maximum atomic E-state index is 12.6. The van der Waals surface area contributed by atoms with Gasteiger partial charge in [-0.15, -0.1) is 10.2 Å². The van der Waals surface area contributed by atoms with Crippen LogP contribution in [0.25, 0.3) is 5.65 Å². The predicted octanol–water partition coefficient (Wildman–Crippen LogP) is 1.01. The molecule has 2 N–H and O–H groups in total. The van der Waals surface area contributed by atoms with Crippen LogP contribution in [0.2, 0.25) is 0 Å². The van der Waals surface area contributed by atoms with Crippen molar-refractivity contribution < 1.29 is 9.59 Å². The largest absolute Gasteiger partial charge is 0.318 e. The first-order valence-electron chi connectivity index (χ1n) is 7.96. The van der Waals surface area contributed by atoms with E-state index in [-0.39, 0.29) is 11.7 Å². The van der Waals surface area contributed by atoms with Crippen LogP contribution in [0, 0.1) is 0 Å². The number of pyridine rings is 1.